The molecule has 2 N–H and O–H groups in total. The van der Waals surface area contributed by atoms with Crippen LogP contribution in [0.1, 0.15) is 5.56 Å². The Balaban J connectivity index is 1.51. The lowest BCUT2D eigenvalue weighted by atomic mass is 10.1. The number of hydrogen-bond donors (Lipinski definition) is 2. The van der Waals surface area contributed by atoms with Gasteiger partial charge in [-0.25, -0.2) is 4.79 Å². The van der Waals surface area contributed by atoms with Crippen LogP contribution in [0.15, 0.2) is 67.0 Å². The Labute approximate surface area is 149 Å². The zero-order valence-electron chi connectivity index (χ0n) is 14.0. The van der Waals surface area contributed by atoms with E-state index in [2.05, 4.69) is 25.9 Å². The maximum atomic E-state index is 12.2. The minimum absolute atomic E-state index is 0.298. The van der Waals surface area contributed by atoms with E-state index in [-0.39, 0.29) is 6.03 Å². The summed E-state index contributed by atoms with van der Waals surface area (Å²) in [5, 5.41) is 17.9. The Morgan fingerprint density at radius 3 is 2.62 bits per heavy atom. The molecule has 0 fully saturated rings. The molecule has 2 heterocycles. The summed E-state index contributed by atoms with van der Waals surface area (Å²) in [5.41, 5.74) is 4.89. The number of nitrogens with zero attached hydrogens (tertiary/aromatic N) is 4. The molecule has 0 radical (unpaired) electrons. The number of hydrogen-bond acceptors (Lipinski definition) is 4. The van der Waals surface area contributed by atoms with Gasteiger partial charge in [-0.3, -0.25) is 0 Å². The van der Waals surface area contributed by atoms with Crippen molar-refractivity contribution in [1.29, 1.82) is 0 Å². The van der Waals surface area contributed by atoms with Gasteiger partial charge in [-0.05, 0) is 43.3 Å². The highest BCUT2D eigenvalue weighted by Crippen LogP contribution is 2.21. The molecular weight excluding hydrogens is 328 g/mol. The van der Waals surface area contributed by atoms with E-state index in [4.69, 9.17) is 0 Å². The number of aromatic nitrogens is 4. The third kappa shape index (κ3) is 3.36. The molecule has 7 nitrogen and oxygen atoms in total. The normalized spacial score (nSPS) is 10.7. The average molecular weight is 344 g/mol. The fourth-order valence-electron chi connectivity index (χ4n) is 2.57. The first kappa shape index (κ1) is 15.8. The van der Waals surface area contributed by atoms with Crippen LogP contribution in [0.3, 0.4) is 0 Å². The Kier molecular flexibility index (Phi) is 4.03. The third-order valence-electron chi connectivity index (χ3n) is 3.89. The fourth-order valence-corrected chi connectivity index (χ4v) is 2.57. The van der Waals surface area contributed by atoms with E-state index in [9.17, 15) is 4.79 Å². The predicted octanol–water partition coefficient (Wildman–Crippen LogP) is 3.74. The number of anilines is 2. The molecule has 0 bridgehead atoms. The summed E-state index contributed by atoms with van der Waals surface area (Å²) in [6, 6.07) is 18.5. The first-order valence-electron chi connectivity index (χ1n) is 8.09. The van der Waals surface area contributed by atoms with Crippen molar-refractivity contribution in [2.75, 3.05) is 10.6 Å². The van der Waals surface area contributed by atoms with Crippen LogP contribution in [-0.4, -0.2) is 25.8 Å². The van der Waals surface area contributed by atoms with Crippen LogP contribution in [0.5, 0.6) is 0 Å². The molecule has 2 aromatic carbocycles. The van der Waals surface area contributed by atoms with Gasteiger partial charge in [-0.15, -0.1) is 10.2 Å². The summed E-state index contributed by atoms with van der Waals surface area (Å²) in [7, 11) is 0. The minimum atomic E-state index is -0.298. The number of rotatable bonds is 3. The highest BCUT2D eigenvalue weighted by molar-refractivity contribution is 6.00. The Morgan fingerprint density at radius 1 is 0.962 bits per heavy atom. The van der Waals surface area contributed by atoms with Crippen LogP contribution in [-0.2, 0) is 0 Å². The first-order chi connectivity index (χ1) is 12.7. The molecule has 26 heavy (non-hydrogen) atoms. The molecule has 0 atom stereocenters. The molecule has 7 heteroatoms. The SMILES string of the molecule is Cc1ccc(NC(=O)Nc2cccc(-c3ccc4nncn4n3)c2)cc1. The van der Waals surface area contributed by atoms with Crippen molar-refractivity contribution in [1.82, 2.24) is 19.8 Å². The summed E-state index contributed by atoms with van der Waals surface area (Å²) < 4.78 is 1.61. The lowest BCUT2D eigenvalue weighted by Gasteiger charge is -2.09. The monoisotopic (exact) mass is 344 g/mol. The molecule has 0 saturated carbocycles. The molecule has 2 amide bonds. The fraction of sp³-hybridized carbons (Fsp3) is 0.0526. The second kappa shape index (κ2) is 6.64. The van der Waals surface area contributed by atoms with Crippen molar-refractivity contribution in [3.63, 3.8) is 0 Å². The summed E-state index contributed by atoms with van der Waals surface area (Å²) in [6.45, 7) is 2.00. The van der Waals surface area contributed by atoms with Crippen LogP contribution >= 0.6 is 0 Å². The molecule has 128 valence electrons. The topological polar surface area (TPSA) is 84.2 Å². The number of carbonyl (C=O) groups excluding carboxylic acids is 1. The van der Waals surface area contributed by atoms with Gasteiger partial charge in [0.15, 0.2) is 5.65 Å². The third-order valence-corrected chi connectivity index (χ3v) is 3.89. The van der Waals surface area contributed by atoms with Crippen LogP contribution in [0, 0.1) is 6.92 Å². The molecular formula is C19H16N6O. The average Bonchev–Trinajstić information content (AvgIpc) is 3.11. The molecule has 0 saturated heterocycles. The number of amides is 2. The van der Waals surface area contributed by atoms with Crippen molar-refractivity contribution in [3.05, 3.63) is 72.6 Å². The van der Waals surface area contributed by atoms with E-state index in [1.165, 1.54) is 0 Å². The summed E-state index contributed by atoms with van der Waals surface area (Å²) in [5.74, 6) is 0. The maximum absolute atomic E-state index is 12.2. The van der Waals surface area contributed by atoms with Crippen molar-refractivity contribution in [2.24, 2.45) is 0 Å². The molecule has 0 aliphatic heterocycles. The first-order valence-corrected chi connectivity index (χ1v) is 8.09. The summed E-state index contributed by atoms with van der Waals surface area (Å²) >= 11 is 0. The predicted molar refractivity (Wildman–Crippen MR) is 100 cm³/mol. The van der Waals surface area contributed by atoms with E-state index < -0.39 is 0 Å². The van der Waals surface area contributed by atoms with E-state index in [0.717, 1.165) is 22.5 Å². The van der Waals surface area contributed by atoms with Crippen LogP contribution in [0.2, 0.25) is 0 Å². The number of aryl methyl sites for hydroxylation is 1. The van der Waals surface area contributed by atoms with E-state index >= 15 is 0 Å². The number of urea groups is 1. The van der Waals surface area contributed by atoms with E-state index in [0.29, 0.717) is 11.3 Å². The van der Waals surface area contributed by atoms with Crippen molar-refractivity contribution >= 4 is 23.1 Å². The van der Waals surface area contributed by atoms with Gasteiger partial charge in [0.05, 0.1) is 5.69 Å². The molecule has 0 spiro atoms. The number of nitrogens with one attached hydrogen (secondary N) is 2. The zero-order chi connectivity index (χ0) is 17.9. The molecule has 2 aromatic heterocycles. The smallest absolute Gasteiger partial charge is 0.308 e. The molecule has 4 rings (SSSR count). The van der Waals surface area contributed by atoms with Gasteiger partial charge in [-0.1, -0.05) is 29.8 Å². The number of fused-ring (bicyclic) bond motifs is 1. The van der Waals surface area contributed by atoms with Gasteiger partial charge < -0.3 is 10.6 Å². The number of benzene rings is 2. The Bertz CT molecular complexity index is 1070. The molecule has 4 aromatic rings. The van der Waals surface area contributed by atoms with Gasteiger partial charge in [0.1, 0.15) is 6.33 Å². The summed E-state index contributed by atoms with van der Waals surface area (Å²) in [6.07, 6.45) is 1.55. The van der Waals surface area contributed by atoms with Crippen molar-refractivity contribution in [2.45, 2.75) is 6.92 Å². The lowest BCUT2D eigenvalue weighted by Crippen LogP contribution is -2.19. The van der Waals surface area contributed by atoms with Crippen molar-refractivity contribution in [3.8, 4) is 11.3 Å². The second-order valence-corrected chi connectivity index (χ2v) is 5.88. The van der Waals surface area contributed by atoms with Gasteiger partial charge in [-0.2, -0.15) is 9.61 Å². The minimum Gasteiger partial charge on any atom is -0.308 e. The van der Waals surface area contributed by atoms with Gasteiger partial charge in [0.2, 0.25) is 0 Å². The zero-order valence-corrected chi connectivity index (χ0v) is 14.0. The Morgan fingerprint density at radius 2 is 1.77 bits per heavy atom. The van der Waals surface area contributed by atoms with Crippen molar-refractivity contribution < 1.29 is 4.79 Å². The van der Waals surface area contributed by atoms with E-state index in [1.807, 2.05) is 67.6 Å². The van der Waals surface area contributed by atoms with E-state index in [1.54, 1.807) is 10.8 Å². The lowest BCUT2D eigenvalue weighted by molar-refractivity contribution is 0.262. The van der Waals surface area contributed by atoms with Gasteiger partial charge >= 0.3 is 6.03 Å². The summed E-state index contributed by atoms with van der Waals surface area (Å²) in [4.78, 5) is 12.2. The Hall–Kier alpha value is -3.74. The molecule has 0 aliphatic rings. The standard InChI is InChI=1S/C19H16N6O/c1-13-5-7-15(8-6-13)21-19(26)22-16-4-2-3-14(11-16)17-9-10-18-23-20-12-25(18)24-17/h2-12H,1H3,(H2,21,22,26). The molecule has 0 unspecified atom stereocenters. The van der Waals surface area contributed by atoms with Crippen LogP contribution in [0.25, 0.3) is 16.9 Å². The quantitative estimate of drug-likeness (QED) is 0.593. The van der Waals surface area contributed by atoms with Gasteiger partial charge in [0.25, 0.3) is 0 Å². The highest BCUT2D eigenvalue weighted by atomic mass is 16.2. The second-order valence-electron chi connectivity index (χ2n) is 5.88. The largest absolute Gasteiger partial charge is 0.323 e. The van der Waals surface area contributed by atoms with Crippen LogP contribution < -0.4 is 10.6 Å². The molecule has 0 aliphatic carbocycles. The highest BCUT2D eigenvalue weighted by Gasteiger charge is 2.06. The maximum Gasteiger partial charge on any atom is 0.323 e. The van der Waals surface area contributed by atoms with Crippen LogP contribution in [0.4, 0.5) is 16.2 Å². The van der Waals surface area contributed by atoms with Gasteiger partial charge in [0, 0.05) is 16.9 Å². The number of carbonyl (C=O) groups is 1.